The molecule has 2 aromatic carbocycles. The van der Waals surface area contributed by atoms with Crippen molar-refractivity contribution in [3.63, 3.8) is 0 Å². The van der Waals surface area contributed by atoms with Gasteiger partial charge >= 0.3 is 0 Å². The van der Waals surface area contributed by atoms with Crippen LogP contribution in [0.15, 0.2) is 30.3 Å². The van der Waals surface area contributed by atoms with Crippen LogP contribution in [0.3, 0.4) is 0 Å². The highest BCUT2D eigenvalue weighted by Gasteiger charge is 2.21. The van der Waals surface area contributed by atoms with Crippen molar-refractivity contribution in [1.29, 1.82) is 0 Å². The van der Waals surface area contributed by atoms with Crippen LogP contribution in [-0.4, -0.2) is 40.3 Å². The molecule has 0 radical (unpaired) electrons. The molecule has 30 heavy (non-hydrogen) atoms. The number of methoxy groups -OCH3 is 3. The molecule has 6 nitrogen and oxygen atoms in total. The van der Waals surface area contributed by atoms with Gasteiger partial charge in [0.15, 0.2) is 23.1 Å². The van der Waals surface area contributed by atoms with Gasteiger partial charge in [0.25, 0.3) is 0 Å². The average molecular weight is 418 g/mol. The van der Waals surface area contributed by atoms with E-state index in [9.17, 15) is 13.6 Å². The van der Waals surface area contributed by atoms with Crippen LogP contribution in [0.1, 0.15) is 18.4 Å². The number of amides is 1. The van der Waals surface area contributed by atoms with Gasteiger partial charge in [-0.1, -0.05) is 0 Å². The Hall–Kier alpha value is -3.29. The zero-order chi connectivity index (χ0) is 21.7. The van der Waals surface area contributed by atoms with Crippen LogP contribution < -0.4 is 24.4 Å². The van der Waals surface area contributed by atoms with E-state index in [2.05, 4.69) is 5.32 Å². The summed E-state index contributed by atoms with van der Waals surface area (Å²) in [6.07, 6.45) is 4.60. The maximum atomic E-state index is 14.4. The Morgan fingerprint density at radius 2 is 1.53 bits per heavy atom. The van der Waals surface area contributed by atoms with E-state index in [1.54, 1.807) is 17.0 Å². The lowest BCUT2D eigenvalue weighted by Crippen LogP contribution is -2.21. The van der Waals surface area contributed by atoms with Crippen LogP contribution >= 0.6 is 0 Å². The molecule has 0 aliphatic carbocycles. The predicted octanol–water partition coefficient (Wildman–Crippen LogP) is 4.24. The summed E-state index contributed by atoms with van der Waals surface area (Å²) in [7, 11) is 4.48. The van der Waals surface area contributed by atoms with Gasteiger partial charge in [0.2, 0.25) is 11.7 Å². The minimum Gasteiger partial charge on any atom is -0.493 e. The zero-order valence-corrected chi connectivity index (χ0v) is 17.1. The van der Waals surface area contributed by atoms with Crippen LogP contribution in [0, 0.1) is 11.6 Å². The van der Waals surface area contributed by atoms with E-state index >= 15 is 0 Å². The number of rotatable bonds is 7. The minimum atomic E-state index is -0.694. The molecule has 0 bridgehead atoms. The lowest BCUT2D eigenvalue weighted by molar-refractivity contribution is -0.111. The minimum absolute atomic E-state index is 0.0431. The third-order valence-corrected chi connectivity index (χ3v) is 4.82. The molecule has 8 heteroatoms. The first kappa shape index (κ1) is 21.4. The Kier molecular flexibility index (Phi) is 6.76. The highest BCUT2D eigenvalue weighted by Crippen LogP contribution is 2.38. The first-order valence-corrected chi connectivity index (χ1v) is 9.50. The Bertz CT molecular complexity index is 908. The maximum Gasteiger partial charge on any atom is 0.248 e. The number of nitrogens with zero attached hydrogens (tertiary/aromatic N) is 1. The van der Waals surface area contributed by atoms with E-state index in [1.807, 2.05) is 0 Å². The third kappa shape index (κ3) is 4.64. The molecule has 1 N–H and O–H groups in total. The first-order chi connectivity index (χ1) is 14.5. The van der Waals surface area contributed by atoms with Crippen LogP contribution in [0.2, 0.25) is 0 Å². The smallest absolute Gasteiger partial charge is 0.248 e. The number of carbonyl (C=O) groups excluding carboxylic acids is 1. The fraction of sp³-hybridized carbons (Fsp3) is 0.318. The summed E-state index contributed by atoms with van der Waals surface area (Å²) in [4.78, 5) is 13.9. The van der Waals surface area contributed by atoms with Crippen molar-refractivity contribution < 1.29 is 27.8 Å². The molecule has 0 aromatic heterocycles. The SMILES string of the molecule is COc1cc(/C=C/C(=O)Nc2cc(F)c(N3CCCC3)c(F)c2)cc(OC)c1OC. The van der Waals surface area contributed by atoms with Gasteiger partial charge in [-0.3, -0.25) is 4.79 Å². The number of halogens is 2. The molecule has 0 atom stereocenters. The highest BCUT2D eigenvalue weighted by molar-refractivity contribution is 6.02. The van der Waals surface area contributed by atoms with Crippen molar-refractivity contribution in [1.82, 2.24) is 0 Å². The molecule has 1 saturated heterocycles. The lowest BCUT2D eigenvalue weighted by atomic mass is 10.1. The van der Waals surface area contributed by atoms with Crippen LogP contribution in [0.4, 0.5) is 20.2 Å². The fourth-order valence-electron chi connectivity index (χ4n) is 3.43. The second kappa shape index (κ2) is 9.47. The molecule has 1 heterocycles. The first-order valence-electron chi connectivity index (χ1n) is 9.50. The fourth-order valence-corrected chi connectivity index (χ4v) is 3.43. The molecule has 1 aliphatic rings. The number of hydrogen-bond acceptors (Lipinski definition) is 5. The quantitative estimate of drug-likeness (QED) is 0.682. The zero-order valence-electron chi connectivity index (χ0n) is 17.1. The highest BCUT2D eigenvalue weighted by atomic mass is 19.1. The molecule has 1 aliphatic heterocycles. The predicted molar refractivity (Wildman–Crippen MR) is 112 cm³/mol. The Labute approximate surface area is 174 Å². The number of carbonyl (C=O) groups is 1. The average Bonchev–Trinajstić information content (AvgIpc) is 3.25. The Morgan fingerprint density at radius 1 is 0.967 bits per heavy atom. The van der Waals surface area contributed by atoms with Crippen molar-refractivity contribution in [3.05, 3.63) is 47.5 Å². The van der Waals surface area contributed by atoms with Crippen molar-refractivity contribution in [2.75, 3.05) is 44.6 Å². The largest absolute Gasteiger partial charge is 0.493 e. The van der Waals surface area contributed by atoms with Crippen molar-refractivity contribution in [3.8, 4) is 17.2 Å². The number of ether oxygens (including phenoxy) is 3. The van der Waals surface area contributed by atoms with Crippen molar-refractivity contribution in [2.45, 2.75) is 12.8 Å². The summed E-state index contributed by atoms with van der Waals surface area (Å²) in [6, 6.07) is 5.61. The van der Waals surface area contributed by atoms with Gasteiger partial charge in [-0.05, 0) is 48.7 Å². The molecular weight excluding hydrogens is 394 g/mol. The summed E-state index contributed by atoms with van der Waals surface area (Å²) in [5.74, 6) is -0.596. The number of nitrogens with one attached hydrogen (secondary N) is 1. The summed E-state index contributed by atoms with van der Waals surface area (Å²) in [5.41, 5.74) is 0.632. The Morgan fingerprint density at radius 3 is 2.03 bits per heavy atom. The van der Waals surface area contributed by atoms with Crippen LogP contribution in [0.25, 0.3) is 6.08 Å². The van der Waals surface area contributed by atoms with E-state index in [0.29, 0.717) is 35.9 Å². The van der Waals surface area contributed by atoms with Gasteiger partial charge in [0, 0.05) is 24.9 Å². The summed E-state index contributed by atoms with van der Waals surface area (Å²) in [5, 5.41) is 2.48. The van der Waals surface area contributed by atoms with Gasteiger partial charge < -0.3 is 24.4 Å². The molecule has 0 saturated carbocycles. The topological polar surface area (TPSA) is 60.0 Å². The molecule has 0 unspecified atom stereocenters. The molecular formula is C22H24F2N2O4. The van der Waals surface area contributed by atoms with Gasteiger partial charge in [0.05, 0.1) is 21.3 Å². The second-order valence-electron chi connectivity index (χ2n) is 6.76. The maximum absolute atomic E-state index is 14.4. The molecule has 1 fully saturated rings. The summed E-state index contributed by atoms with van der Waals surface area (Å²) < 4.78 is 44.6. The van der Waals surface area contributed by atoms with E-state index < -0.39 is 17.5 Å². The monoisotopic (exact) mass is 418 g/mol. The van der Waals surface area contributed by atoms with Gasteiger partial charge in [-0.2, -0.15) is 0 Å². The van der Waals surface area contributed by atoms with Crippen molar-refractivity contribution >= 4 is 23.4 Å². The molecule has 1 amide bonds. The number of hydrogen-bond donors (Lipinski definition) is 1. The standard InChI is InChI=1S/C22H24F2N2O4/c1-28-18-10-14(11-19(29-2)22(18)30-3)6-7-20(27)25-15-12-16(23)21(17(24)13-15)26-8-4-5-9-26/h6-7,10-13H,4-5,8-9H2,1-3H3,(H,25,27)/b7-6+. The summed E-state index contributed by atoms with van der Waals surface area (Å²) in [6.45, 7) is 1.24. The van der Waals surface area contributed by atoms with Crippen molar-refractivity contribution in [2.24, 2.45) is 0 Å². The van der Waals surface area contributed by atoms with E-state index in [-0.39, 0.29) is 11.4 Å². The number of anilines is 2. The van der Waals surface area contributed by atoms with Crippen LogP contribution in [0.5, 0.6) is 17.2 Å². The Balaban J connectivity index is 1.75. The normalized spacial score (nSPS) is 13.6. The van der Waals surface area contributed by atoms with Gasteiger partial charge in [-0.25, -0.2) is 8.78 Å². The lowest BCUT2D eigenvalue weighted by Gasteiger charge is -2.19. The van der Waals surface area contributed by atoms with E-state index in [0.717, 1.165) is 25.0 Å². The van der Waals surface area contributed by atoms with E-state index in [4.69, 9.17) is 14.2 Å². The molecule has 0 spiro atoms. The van der Waals surface area contributed by atoms with Gasteiger partial charge in [-0.15, -0.1) is 0 Å². The van der Waals surface area contributed by atoms with Gasteiger partial charge in [0.1, 0.15) is 5.69 Å². The molecule has 160 valence electrons. The summed E-state index contributed by atoms with van der Waals surface area (Å²) >= 11 is 0. The van der Waals surface area contributed by atoms with Crippen LogP contribution in [-0.2, 0) is 4.79 Å². The second-order valence-corrected chi connectivity index (χ2v) is 6.76. The van der Waals surface area contributed by atoms with E-state index in [1.165, 1.54) is 33.5 Å². The third-order valence-electron chi connectivity index (χ3n) is 4.82. The number of benzene rings is 2. The molecule has 2 aromatic rings. The molecule has 3 rings (SSSR count).